The van der Waals surface area contributed by atoms with Crippen LogP contribution in [0.5, 0.6) is 0 Å². The van der Waals surface area contributed by atoms with E-state index in [9.17, 15) is 9.59 Å². The number of amides is 1. The number of aromatic nitrogens is 1. The Hall–Kier alpha value is -2.16. The summed E-state index contributed by atoms with van der Waals surface area (Å²) >= 11 is 6.73. The summed E-state index contributed by atoms with van der Waals surface area (Å²) in [6.07, 6.45) is 4.68. The third-order valence-electron chi connectivity index (χ3n) is 5.76. The number of carbonyl (C=O) groups is 1. The molecule has 1 aromatic carbocycles. The number of para-hydroxylation sites is 1. The number of ether oxygens (including phenoxy) is 1. The number of aryl methyl sites for hydroxylation is 1. The number of nitrogens with zero attached hydrogens (tertiary/aromatic N) is 3. The molecule has 164 valence electrons. The highest BCUT2D eigenvalue weighted by atomic mass is 32.2. The zero-order chi connectivity index (χ0) is 22.0. The lowest BCUT2D eigenvalue weighted by atomic mass is 10.1. The van der Waals surface area contributed by atoms with E-state index in [0.29, 0.717) is 34.5 Å². The molecule has 0 unspecified atom stereocenters. The molecule has 0 aliphatic carbocycles. The summed E-state index contributed by atoms with van der Waals surface area (Å²) in [7, 11) is 1.79. The molecule has 0 bridgehead atoms. The van der Waals surface area contributed by atoms with Crippen LogP contribution in [0.2, 0.25) is 0 Å². The van der Waals surface area contributed by atoms with Gasteiger partial charge in [-0.25, -0.2) is 0 Å². The fourth-order valence-corrected chi connectivity index (χ4v) is 5.50. The van der Waals surface area contributed by atoms with E-state index >= 15 is 0 Å². The van der Waals surface area contributed by atoms with Gasteiger partial charge in [0.1, 0.15) is 4.32 Å². The minimum Gasteiger partial charge on any atom is -0.382 e. The van der Waals surface area contributed by atoms with Crippen LogP contribution in [0.4, 0.5) is 5.69 Å². The van der Waals surface area contributed by atoms with E-state index < -0.39 is 0 Å². The van der Waals surface area contributed by atoms with Crippen molar-refractivity contribution < 1.29 is 9.53 Å². The average molecular weight is 458 g/mol. The van der Waals surface area contributed by atoms with Crippen LogP contribution in [0.15, 0.2) is 34.0 Å². The third kappa shape index (κ3) is 4.29. The number of carbonyl (C=O) groups excluding carboxylic acids is 1. The maximum absolute atomic E-state index is 13.4. The largest absolute Gasteiger partial charge is 0.382 e. The van der Waals surface area contributed by atoms with Crippen molar-refractivity contribution in [3.8, 4) is 0 Å². The number of thiocarbonyl (C=S) groups is 1. The van der Waals surface area contributed by atoms with Gasteiger partial charge >= 0.3 is 0 Å². The summed E-state index contributed by atoms with van der Waals surface area (Å²) in [5.74, 6) is -0.130. The zero-order valence-corrected chi connectivity index (χ0v) is 19.6. The summed E-state index contributed by atoms with van der Waals surface area (Å²) in [6.45, 7) is 5.55. The molecule has 2 aliphatic heterocycles. The topological polar surface area (TPSA) is 54.8 Å². The highest BCUT2D eigenvalue weighted by molar-refractivity contribution is 8.26. The SMILES string of the molecule is CCOCCCN1C(=O)C(=Cc2c(N3CCCC3)c3ccccc3n(C)c2=O)SC1=S. The second kappa shape index (κ2) is 9.54. The molecule has 3 heterocycles. The molecule has 1 aromatic heterocycles. The highest BCUT2D eigenvalue weighted by Gasteiger charge is 2.32. The van der Waals surface area contributed by atoms with E-state index in [4.69, 9.17) is 17.0 Å². The molecule has 0 N–H and O–H groups in total. The lowest BCUT2D eigenvalue weighted by Gasteiger charge is -2.23. The molecule has 0 spiro atoms. The van der Waals surface area contributed by atoms with Crippen molar-refractivity contribution in [2.24, 2.45) is 7.05 Å². The van der Waals surface area contributed by atoms with Crippen LogP contribution < -0.4 is 10.5 Å². The van der Waals surface area contributed by atoms with E-state index in [0.717, 1.165) is 48.9 Å². The van der Waals surface area contributed by atoms with Crippen molar-refractivity contribution in [1.82, 2.24) is 9.47 Å². The molecule has 31 heavy (non-hydrogen) atoms. The van der Waals surface area contributed by atoms with E-state index in [1.54, 1.807) is 22.6 Å². The van der Waals surface area contributed by atoms with E-state index in [2.05, 4.69) is 11.0 Å². The van der Waals surface area contributed by atoms with Gasteiger partial charge in [0.2, 0.25) is 0 Å². The molecule has 4 rings (SSSR count). The minimum atomic E-state index is -0.130. The van der Waals surface area contributed by atoms with Crippen LogP contribution >= 0.6 is 24.0 Å². The van der Waals surface area contributed by atoms with Gasteiger partial charge in [-0.15, -0.1) is 0 Å². The third-order valence-corrected chi connectivity index (χ3v) is 7.13. The van der Waals surface area contributed by atoms with Gasteiger partial charge < -0.3 is 14.2 Å². The monoisotopic (exact) mass is 457 g/mol. The molecular formula is C23H27N3O3S2. The Morgan fingerprint density at radius 2 is 1.94 bits per heavy atom. The maximum Gasteiger partial charge on any atom is 0.266 e. The Kier molecular flexibility index (Phi) is 6.79. The van der Waals surface area contributed by atoms with Crippen molar-refractivity contribution in [3.05, 3.63) is 45.1 Å². The van der Waals surface area contributed by atoms with Crippen molar-refractivity contribution in [2.45, 2.75) is 26.2 Å². The van der Waals surface area contributed by atoms with Gasteiger partial charge in [-0.05, 0) is 38.3 Å². The van der Waals surface area contributed by atoms with Crippen LogP contribution in [0.25, 0.3) is 17.0 Å². The van der Waals surface area contributed by atoms with Gasteiger partial charge in [-0.3, -0.25) is 14.5 Å². The summed E-state index contributed by atoms with van der Waals surface area (Å²) in [4.78, 5) is 30.8. The molecule has 0 saturated carbocycles. The molecule has 2 aromatic rings. The predicted molar refractivity (Wildman–Crippen MR) is 132 cm³/mol. The zero-order valence-electron chi connectivity index (χ0n) is 17.9. The van der Waals surface area contributed by atoms with Crippen LogP contribution in [0.3, 0.4) is 0 Å². The number of hydrogen-bond donors (Lipinski definition) is 0. The molecular weight excluding hydrogens is 430 g/mol. The Balaban J connectivity index is 1.76. The Morgan fingerprint density at radius 1 is 1.19 bits per heavy atom. The average Bonchev–Trinajstić information content (AvgIpc) is 3.39. The first-order valence-corrected chi connectivity index (χ1v) is 11.9. The fraction of sp³-hybridized carbons (Fsp3) is 0.435. The number of fused-ring (bicyclic) bond motifs is 1. The quantitative estimate of drug-likeness (QED) is 0.358. The normalized spacial score (nSPS) is 18.2. The fourth-order valence-electron chi connectivity index (χ4n) is 4.21. The van der Waals surface area contributed by atoms with Gasteiger partial charge in [0, 0.05) is 45.3 Å². The number of pyridine rings is 1. The van der Waals surface area contributed by atoms with Crippen molar-refractivity contribution in [1.29, 1.82) is 0 Å². The molecule has 1 amide bonds. The molecule has 2 fully saturated rings. The first-order valence-electron chi connectivity index (χ1n) is 10.7. The Morgan fingerprint density at radius 3 is 2.68 bits per heavy atom. The minimum absolute atomic E-state index is 0.0952. The molecule has 0 atom stereocenters. The van der Waals surface area contributed by atoms with E-state index in [-0.39, 0.29) is 11.5 Å². The van der Waals surface area contributed by atoms with E-state index in [1.807, 2.05) is 25.1 Å². The molecule has 2 saturated heterocycles. The lowest BCUT2D eigenvalue weighted by molar-refractivity contribution is -0.122. The maximum atomic E-state index is 13.4. The molecule has 6 nitrogen and oxygen atoms in total. The number of thioether (sulfide) groups is 1. The summed E-state index contributed by atoms with van der Waals surface area (Å²) in [5.41, 5.74) is 2.30. The smallest absolute Gasteiger partial charge is 0.266 e. The van der Waals surface area contributed by atoms with Gasteiger partial charge in [-0.2, -0.15) is 0 Å². The van der Waals surface area contributed by atoms with Gasteiger partial charge in [0.25, 0.3) is 11.5 Å². The van der Waals surface area contributed by atoms with Gasteiger partial charge in [-0.1, -0.05) is 42.2 Å². The van der Waals surface area contributed by atoms with Crippen LogP contribution in [-0.2, 0) is 16.6 Å². The Bertz CT molecular complexity index is 1100. The molecule has 0 radical (unpaired) electrons. The van der Waals surface area contributed by atoms with Crippen molar-refractivity contribution in [3.63, 3.8) is 0 Å². The highest BCUT2D eigenvalue weighted by Crippen LogP contribution is 2.36. The molecule has 2 aliphatic rings. The van der Waals surface area contributed by atoms with E-state index in [1.165, 1.54) is 11.8 Å². The summed E-state index contributed by atoms with van der Waals surface area (Å²) < 4.78 is 7.58. The first-order chi connectivity index (χ1) is 15.0. The number of anilines is 1. The van der Waals surface area contributed by atoms with Gasteiger partial charge in [0.15, 0.2) is 0 Å². The van der Waals surface area contributed by atoms with Crippen LogP contribution in [0, 0.1) is 0 Å². The second-order valence-electron chi connectivity index (χ2n) is 7.72. The number of hydrogen-bond acceptors (Lipinski definition) is 6. The van der Waals surface area contributed by atoms with Crippen molar-refractivity contribution >= 4 is 56.9 Å². The summed E-state index contributed by atoms with van der Waals surface area (Å²) in [6, 6.07) is 7.97. The van der Waals surface area contributed by atoms with Crippen molar-refractivity contribution in [2.75, 3.05) is 37.7 Å². The number of benzene rings is 1. The molecule has 8 heteroatoms. The first kappa shape index (κ1) is 22.0. The number of rotatable bonds is 7. The second-order valence-corrected chi connectivity index (χ2v) is 9.40. The predicted octanol–water partition coefficient (Wildman–Crippen LogP) is 3.77. The van der Waals surface area contributed by atoms with Gasteiger partial charge in [0.05, 0.1) is 21.7 Å². The lowest BCUT2D eigenvalue weighted by Crippen LogP contribution is -2.30. The Labute approximate surface area is 191 Å². The summed E-state index contributed by atoms with van der Waals surface area (Å²) in [5, 5.41) is 1.03. The van der Waals surface area contributed by atoms with Crippen LogP contribution in [-0.4, -0.2) is 52.5 Å². The van der Waals surface area contributed by atoms with Crippen LogP contribution in [0.1, 0.15) is 31.7 Å². The standard InChI is InChI=1S/C23H27N3O3S2/c1-3-29-14-8-13-26-22(28)19(31-23(26)30)15-17-20(25-11-6-7-12-25)16-9-4-5-10-18(16)24(2)21(17)27/h4-5,9-10,15H,3,6-8,11-14H2,1-2H3.